The fourth-order valence-corrected chi connectivity index (χ4v) is 5.87. The van der Waals surface area contributed by atoms with E-state index in [1.807, 2.05) is 4.90 Å². The molecule has 150 valence electrons. The Morgan fingerprint density at radius 1 is 0.821 bits per heavy atom. The van der Waals surface area contributed by atoms with Gasteiger partial charge in [0.1, 0.15) is 0 Å². The van der Waals surface area contributed by atoms with Crippen LogP contribution in [0.2, 0.25) is 0 Å². The van der Waals surface area contributed by atoms with Gasteiger partial charge in [-0.05, 0) is 69.3 Å². The summed E-state index contributed by atoms with van der Waals surface area (Å²) >= 11 is 0. The molecular formula is C24H33N3O. The van der Waals surface area contributed by atoms with Crippen LogP contribution >= 0.6 is 0 Å². The summed E-state index contributed by atoms with van der Waals surface area (Å²) < 4.78 is 0. The Balaban J connectivity index is 1.13. The van der Waals surface area contributed by atoms with Gasteiger partial charge in [-0.25, -0.2) is 0 Å². The summed E-state index contributed by atoms with van der Waals surface area (Å²) in [5, 5.41) is 0. The van der Waals surface area contributed by atoms with Gasteiger partial charge >= 0.3 is 0 Å². The number of piperidine rings is 2. The first-order valence-corrected chi connectivity index (χ1v) is 11.3. The third kappa shape index (κ3) is 3.65. The second-order valence-corrected chi connectivity index (χ2v) is 9.15. The first kappa shape index (κ1) is 18.4. The summed E-state index contributed by atoms with van der Waals surface area (Å²) in [6, 6.07) is 10.4. The molecule has 0 spiro atoms. The van der Waals surface area contributed by atoms with Crippen LogP contribution in [0.1, 0.15) is 36.8 Å². The number of amides is 1. The number of rotatable bonds is 3. The van der Waals surface area contributed by atoms with Gasteiger partial charge in [0.05, 0.1) is 5.92 Å². The average molecular weight is 380 g/mol. The molecule has 4 heteroatoms. The van der Waals surface area contributed by atoms with Gasteiger partial charge in [0.25, 0.3) is 0 Å². The number of likely N-dealkylation sites (tertiary alicyclic amines) is 2. The zero-order valence-corrected chi connectivity index (χ0v) is 16.9. The molecule has 1 amide bonds. The van der Waals surface area contributed by atoms with Gasteiger partial charge in [0.2, 0.25) is 5.91 Å². The van der Waals surface area contributed by atoms with E-state index in [0.717, 1.165) is 26.1 Å². The van der Waals surface area contributed by atoms with Crippen molar-refractivity contribution in [2.75, 3.05) is 39.3 Å². The smallest absolute Gasteiger partial charge is 0.227 e. The Kier molecular flexibility index (Phi) is 5.25. The molecule has 3 heterocycles. The number of hydrogen-bond donors (Lipinski definition) is 0. The predicted molar refractivity (Wildman–Crippen MR) is 112 cm³/mol. The summed E-state index contributed by atoms with van der Waals surface area (Å²) in [4.78, 5) is 20.2. The van der Waals surface area contributed by atoms with E-state index in [9.17, 15) is 4.79 Å². The Labute approximate surface area is 169 Å². The van der Waals surface area contributed by atoms with Crippen LogP contribution in [0.15, 0.2) is 36.4 Å². The molecule has 0 unspecified atom stereocenters. The Bertz CT molecular complexity index is 704. The highest BCUT2D eigenvalue weighted by Gasteiger charge is 2.35. The fraction of sp³-hybridized carbons (Fsp3) is 0.625. The van der Waals surface area contributed by atoms with Crippen molar-refractivity contribution < 1.29 is 4.79 Å². The van der Waals surface area contributed by atoms with Crippen LogP contribution in [0.4, 0.5) is 0 Å². The maximum atomic E-state index is 12.8. The van der Waals surface area contributed by atoms with Crippen LogP contribution < -0.4 is 0 Å². The Hall–Kier alpha value is -1.65. The highest BCUT2D eigenvalue weighted by molar-refractivity contribution is 5.80. The second kappa shape index (κ2) is 8.00. The van der Waals surface area contributed by atoms with Crippen LogP contribution in [-0.4, -0.2) is 72.0 Å². The molecule has 28 heavy (non-hydrogen) atoms. The molecule has 2 saturated heterocycles. The molecule has 2 fully saturated rings. The van der Waals surface area contributed by atoms with Crippen molar-refractivity contribution in [3.05, 3.63) is 47.5 Å². The number of hydrogen-bond acceptors (Lipinski definition) is 3. The molecule has 1 aromatic rings. The molecule has 1 aromatic carbocycles. The third-order valence-corrected chi connectivity index (χ3v) is 7.49. The largest absolute Gasteiger partial charge is 0.335 e. The molecule has 5 rings (SSSR count). The minimum atomic E-state index is 0.219. The molecule has 4 aliphatic rings. The zero-order valence-electron chi connectivity index (χ0n) is 16.9. The van der Waals surface area contributed by atoms with Crippen molar-refractivity contribution in [1.29, 1.82) is 0 Å². The van der Waals surface area contributed by atoms with E-state index in [2.05, 4.69) is 46.2 Å². The Morgan fingerprint density at radius 3 is 2.18 bits per heavy atom. The van der Waals surface area contributed by atoms with Gasteiger partial charge < -0.3 is 4.90 Å². The molecule has 4 nitrogen and oxygen atoms in total. The van der Waals surface area contributed by atoms with Crippen molar-refractivity contribution >= 4 is 5.91 Å². The molecule has 3 aliphatic heterocycles. The Morgan fingerprint density at radius 2 is 1.50 bits per heavy atom. The number of benzene rings is 1. The van der Waals surface area contributed by atoms with Gasteiger partial charge in [-0.3, -0.25) is 14.6 Å². The van der Waals surface area contributed by atoms with E-state index in [4.69, 9.17) is 0 Å². The lowest BCUT2D eigenvalue weighted by molar-refractivity contribution is -0.136. The third-order valence-electron chi connectivity index (χ3n) is 7.49. The molecule has 1 aliphatic carbocycles. The molecule has 0 aromatic heterocycles. The zero-order chi connectivity index (χ0) is 18.9. The highest BCUT2D eigenvalue weighted by atomic mass is 16.2. The summed E-state index contributed by atoms with van der Waals surface area (Å²) in [6.07, 6.45) is 11.5. The van der Waals surface area contributed by atoms with Crippen LogP contribution in [-0.2, 0) is 17.6 Å². The van der Waals surface area contributed by atoms with Crippen LogP contribution in [0, 0.1) is 5.92 Å². The first-order chi connectivity index (χ1) is 13.8. The van der Waals surface area contributed by atoms with Gasteiger partial charge in [0.15, 0.2) is 0 Å². The van der Waals surface area contributed by atoms with Crippen LogP contribution in [0.5, 0.6) is 0 Å². The lowest BCUT2D eigenvalue weighted by Crippen LogP contribution is -2.52. The summed E-state index contributed by atoms with van der Waals surface area (Å²) in [7, 11) is 0. The second-order valence-electron chi connectivity index (χ2n) is 9.15. The lowest BCUT2D eigenvalue weighted by atomic mass is 9.92. The minimum absolute atomic E-state index is 0.219. The SMILES string of the molecule is O=C([C@@H]1CCCN(C2CCN(C3Cc4ccccc4C3)CC2)C1)N1CC=CC1. The van der Waals surface area contributed by atoms with Gasteiger partial charge in [0, 0.05) is 31.7 Å². The molecule has 0 saturated carbocycles. The predicted octanol–water partition coefficient (Wildman–Crippen LogP) is 2.73. The van der Waals surface area contributed by atoms with E-state index in [-0.39, 0.29) is 5.92 Å². The molecule has 0 bridgehead atoms. The minimum Gasteiger partial charge on any atom is -0.335 e. The molecule has 1 atom stereocenters. The fourth-order valence-electron chi connectivity index (χ4n) is 5.87. The quantitative estimate of drug-likeness (QED) is 0.756. The monoisotopic (exact) mass is 379 g/mol. The molecule has 0 radical (unpaired) electrons. The number of carbonyl (C=O) groups is 1. The lowest BCUT2D eigenvalue weighted by Gasteiger charge is -2.43. The van der Waals surface area contributed by atoms with E-state index >= 15 is 0 Å². The summed E-state index contributed by atoms with van der Waals surface area (Å²) in [5.74, 6) is 0.604. The first-order valence-electron chi connectivity index (χ1n) is 11.3. The molecule has 0 N–H and O–H groups in total. The van der Waals surface area contributed by atoms with Crippen LogP contribution in [0.25, 0.3) is 0 Å². The average Bonchev–Trinajstić information content (AvgIpc) is 3.43. The highest BCUT2D eigenvalue weighted by Crippen LogP contribution is 2.30. The number of fused-ring (bicyclic) bond motifs is 1. The summed E-state index contributed by atoms with van der Waals surface area (Å²) in [5.41, 5.74) is 3.12. The van der Waals surface area contributed by atoms with Crippen molar-refractivity contribution in [1.82, 2.24) is 14.7 Å². The van der Waals surface area contributed by atoms with E-state index in [1.54, 1.807) is 11.1 Å². The van der Waals surface area contributed by atoms with Crippen molar-refractivity contribution in [3.63, 3.8) is 0 Å². The van der Waals surface area contributed by atoms with E-state index in [1.165, 1.54) is 51.7 Å². The van der Waals surface area contributed by atoms with Crippen LogP contribution in [0.3, 0.4) is 0 Å². The maximum absolute atomic E-state index is 12.8. The summed E-state index contributed by atoms with van der Waals surface area (Å²) in [6.45, 7) is 6.23. The number of carbonyl (C=O) groups excluding carboxylic acids is 1. The van der Waals surface area contributed by atoms with Gasteiger partial charge in [-0.2, -0.15) is 0 Å². The standard InChI is InChI=1S/C24H33N3O/c28-24(26-11-3-4-12-26)21-8-5-13-27(18-21)22-9-14-25(15-10-22)23-16-19-6-1-2-7-20(19)17-23/h1-4,6-7,21-23H,5,8-18H2/t21-/m1/s1. The normalized spacial score (nSPS) is 27.4. The van der Waals surface area contributed by atoms with E-state index < -0.39 is 0 Å². The van der Waals surface area contributed by atoms with E-state index in [0.29, 0.717) is 18.0 Å². The van der Waals surface area contributed by atoms with Crippen molar-refractivity contribution in [3.8, 4) is 0 Å². The maximum Gasteiger partial charge on any atom is 0.227 e. The van der Waals surface area contributed by atoms with Gasteiger partial charge in [-0.15, -0.1) is 0 Å². The van der Waals surface area contributed by atoms with Crippen molar-refractivity contribution in [2.45, 2.75) is 50.6 Å². The van der Waals surface area contributed by atoms with Gasteiger partial charge in [-0.1, -0.05) is 36.4 Å². The topological polar surface area (TPSA) is 26.8 Å². The molecular weight excluding hydrogens is 346 g/mol. The number of nitrogens with zero attached hydrogens (tertiary/aromatic N) is 3. The van der Waals surface area contributed by atoms with Crippen molar-refractivity contribution in [2.24, 2.45) is 5.92 Å².